The van der Waals surface area contributed by atoms with Crippen molar-refractivity contribution >= 4 is 19.9 Å². The van der Waals surface area contributed by atoms with E-state index >= 15 is 0 Å². The van der Waals surface area contributed by atoms with Crippen LogP contribution in [-0.2, 0) is 19.9 Å². The quantitative estimate of drug-likeness (QED) is 0.744. The second-order valence-corrected chi connectivity index (χ2v) is 9.75. The van der Waals surface area contributed by atoms with Gasteiger partial charge in [0.25, 0.3) is 0 Å². The summed E-state index contributed by atoms with van der Waals surface area (Å²) in [5.74, 6) is -0.331. The molecule has 2 aliphatic rings. The predicted octanol–water partition coefficient (Wildman–Crippen LogP) is -0.650. The van der Waals surface area contributed by atoms with E-state index in [1.807, 2.05) is 6.92 Å². The lowest BCUT2D eigenvalue weighted by Gasteiger charge is -2.46. The van der Waals surface area contributed by atoms with Gasteiger partial charge in [0.15, 0.2) is 9.84 Å². The average molecular weight is 297 g/mol. The minimum Gasteiger partial charge on any atom is -0.387 e. The van der Waals surface area contributed by atoms with Crippen molar-refractivity contribution in [3.05, 3.63) is 0 Å². The van der Waals surface area contributed by atoms with Crippen LogP contribution in [0.25, 0.3) is 0 Å². The molecule has 0 aliphatic carbocycles. The Labute approximate surface area is 108 Å². The molecule has 2 saturated heterocycles. The minimum absolute atomic E-state index is 0.0516. The Morgan fingerprint density at radius 1 is 1.39 bits per heavy atom. The summed E-state index contributed by atoms with van der Waals surface area (Å²) < 4.78 is 48.1. The SMILES string of the molecule is CCCC1(O)CN(S(=O)(=O)C2CCS(=O)(=O)C2)C1. The van der Waals surface area contributed by atoms with E-state index in [9.17, 15) is 21.9 Å². The number of nitrogens with zero attached hydrogens (tertiary/aromatic N) is 1. The third-order valence-electron chi connectivity index (χ3n) is 3.63. The van der Waals surface area contributed by atoms with Crippen LogP contribution in [0, 0.1) is 0 Å². The lowest BCUT2D eigenvalue weighted by Crippen LogP contribution is -2.64. The van der Waals surface area contributed by atoms with Gasteiger partial charge in [0.2, 0.25) is 10.0 Å². The van der Waals surface area contributed by atoms with Crippen LogP contribution in [-0.4, -0.2) is 61.7 Å². The summed E-state index contributed by atoms with van der Waals surface area (Å²) >= 11 is 0. The molecule has 1 N–H and O–H groups in total. The van der Waals surface area contributed by atoms with Gasteiger partial charge in [-0.15, -0.1) is 0 Å². The van der Waals surface area contributed by atoms with Gasteiger partial charge in [-0.1, -0.05) is 13.3 Å². The normalized spacial score (nSPS) is 31.1. The van der Waals surface area contributed by atoms with E-state index in [0.29, 0.717) is 6.42 Å². The van der Waals surface area contributed by atoms with Crippen LogP contribution in [0.15, 0.2) is 0 Å². The zero-order chi connectivity index (χ0) is 13.6. The summed E-state index contributed by atoms with van der Waals surface area (Å²) in [6.07, 6.45) is 1.54. The van der Waals surface area contributed by atoms with Gasteiger partial charge in [0.1, 0.15) is 0 Å². The fraction of sp³-hybridized carbons (Fsp3) is 1.00. The molecule has 2 aliphatic heterocycles. The highest BCUT2D eigenvalue weighted by atomic mass is 32.2. The Morgan fingerprint density at radius 3 is 2.44 bits per heavy atom. The van der Waals surface area contributed by atoms with Crippen molar-refractivity contribution in [1.29, 1.82) is 0 Å². The van der Waals surface area contributed by atoms with Gasteiger partial charge in [0.05, 0.1) is 22.4 Å². The van der Waals surface area contributed by atoms with Crippen molar-refractivity contribution < 1.29 is 21.9 Å². The minimum atomic E-state index is -3.57. The van der Waals surface area contributed by atoms with Gasteiger partial charge in [-0.2, -0.15) is 4.31 Å². The van der Waals surface area contributed by atoms with Gasteiger partial charge in [-0.25, -0.2) is 16.8 Å². The number of sulfone groups is 1. The molecule has 8 heteroatoms. The van der Waals surface area contributed by atoms with Crippen LogP contribution in [0.3, 0.4) is 0 Å². The van der Waals surface area contributed by atoms with E-state index in [0.717, 1.165) is 6.42 Å². The van der Waals surface area contributed by atoms with Crippen molar-refractivity contribution in [3.63, 3.8) is 0 Å². The Hall–Kier alpha value is -0.180. The summed E-state index contributed by atoms with van der Waals surface area (Å²) in [5, 5.41) is 9.14. The third kappa shape index (κ3) is 2.56. The third-order valence-corrected chi connectivity index (χ3v) is 7.83. The first-order valence-corrected chi connectivity index (χ1v) is 9.43. The van der Waals surface area contributed by atoms with Crippen LogP contribution in [0.2, 0.25) is 0 Å². The maximum atomic E-state index is 12.1. The molecule has 0 aromatic heterocycles. The molecule has 2 fully saturated rings. The molecule has 1 unspecified atom stereocenters. The van der Waals surface area contributed by atoms with E-state index in [2.05, 4.69) is 0 Å². The lowest BCUT2D eigenvalue weighted by molar-refractivity contribution is -0.0656. The molecule has 0 aromatic carbocycles. The van der Waals surface area contributed by atoms with Crippen molar-refractivity contribution in [3.8, 4) is 0 Å². The zero-order valence-corrected chi connectivity index (χ0v) is 12.0. The molecular formula is C10H19NO5S2. The predicted molar refractivity (Wildman–Crippen MR) is 67.4 cm³/mol. The lowest BCUT2D eigenvalue weighted by atomic mass is 9.92. The highest BCUT2D eigenvalue weighted by Gasteiger charge is 2.50. The highest BCUT2D eigenvalue weighted by Crippen LogP contribution is 2.32. The second-order valence-electron chi connectivity index (χ2n) is 5.31. The summed E-state index contributed by atoms with van der Waals surface area (Å²) in [6, 6.07) is 0. The van der Waals surface area contributed by atoms with E-state index in [4.69, 9.17) is 0 Å². The standard InChI is InChI=1S/C10H19NO5S2/c1-2-4-10(12)7-11(8-10)18(15,16)9-3-5-17(13,14)6-9/h9,12H,2-8H2,1H3. The monoisotopic (exact) mass is 297 g/mol. The van der Waals surface area contributed by atoms with Crippen LogP contribution >= 0.6 is 0 Å². The van der Waals surface area contributed by atoms with E-state index < -0.39 is 30.7 Å². The largest absolute Gasteiger partial charge is 0.387 e. The molecule has 0 spiro atoms. The first kappa shape index (κ1) is 14.2. The van der Waals surface area contributed by atoms with Gasteiger partial charge in [-0.05, 0) is 12.8 Å². The number of aliphatic hydroxyl groups is 1. The van der Waals surface area contributed by atoms with Crippen molar-refractivity contribution in [2.45, 2.75) is 37.0 Å². The highest BCUT2D eigenvalue weighted by molar-refractivity contribution is 7.95. The van der Waals surface area contributed by atoms with Gasteiger partial charge < -0.3 is 5.11 Å². The molecule has 0 bridgehead atoms. The average Bonchev–Trinajstić information content (AvgIpc) is 2.56. The number of hydrogen-bond donors (Lipinski definition) is 1. The van der Waals surface area contributed by atoms with E-state index in [1.54, 1.807) is 0 Å². The molecule has 106 valence electrons. The maximum absolute atomic E-state index is 12.1. The van der Waals surface area contributed by atoms with Crippen LogP contribution in [0.4, 0.5) is 0 Å². The summed E-state index contributed by atoms with van der Waals surface area (Å²) in [4.78, 5) is 0. The molecule has 0 aromatic rings. The molecule has 2 heterocycles. The molecule has 18 heavy (non-hydrogen) atoms. The molecule has 1 atom stereocenters. The van der Waals surface area contributed by atoms with E-state index in [-0.39, 0.29) is 31.0 Å². The molecule has 6 nitrogen and oxygen atoms in total. The first-order chi connectivity index (χ1) is 8.19. The van der Waals surface area contributed by atoms with Crippen molar-refractivity contribution in [1.82, 2.24) is 4.31 Å². The molecule has 0 amide bonds. The molecular weight excluding hydrogens is 278 g/mol. The fourth-order valence-corrected chi connectivity index (χ4v) is 7.30. The Balaban J connectivity index is 2.03. The molecule has 2 rings (SSSR count). The van der Waals surface area contributed by atoms with Gasteiger partial charge >= 0.3 is 0 Å². The molecule has 0 radical (unpaired) electrons. The summed E-state index contributed by atoms with van der Waals surface area (Å²) in [7, 11) is -6.77. The first-order valence-electron chi connectivity index (χ1n) is 6.10. The number of rotatable bonds is 4. The van der Waals surface area contributed by atoms with Crippen LogP contribution < -0.4 is 0 Å². The van der Waals surface area contributed by atoms with Crippen molar-refractivity contribution in [2.24, 2.45) is 0 Å². The number of sulfonamides is 1. The van der Waals surface area contributed by atoms with Crippen molar-refractivity contribution in [2.75, 3.05) is 24.6 Å². The Morgan fingerprint density at radius 2 is 2.00 bits per heavy atom. The summed E-state index contributed by atoms with van der Waals surface area (Å²) in [5.41, 5.74) is -0.917. The van der Waals surface area contributed by atoms with Gasteiger partial charge in [-0.3, -0.25) is 0 Å². The van der Waals surface area contributed by atoms with Gasteiger partial charge in [0, 0.05) is 13.1 Å². The topological polar surface area (TPSA) is 91.8 Å². The second kappa shape index (κ2) is 4.43. The van der Waals surface area contributed by atoms with Crippen LogP contribution in [0.5, 0.6) is 0 Å². The number of hydrogen-bond acceptors (Lipinski definition) is 5. The van der Waals surface area contributed by atoms with E-state index in [1.165, 1.54) is 4.31 Å². The number of β-amino-alcohol motifs (C(OH)–C–C–N with tert-alkyl or cyclic N) is 1. The van der Waals surface area contributed by atoms with Crippen LogP contribution in [0.1, 0.15) is 26.2 Å². The Bertz CT molecular complexity index is 518. The smallest absolute Gasteiger partial charge is 0.218 e. The zero-order valence-electron chi connectivity index (χ0n) is 10.4. The maximum Gasteiger partial charge on any atom is 0.218 e. The Kier molecular flexibility index (Phi) is 3.50. The fourth-order valence-electron chi connectivity index (χ4n) is 2.62. The molecule has 0 saturated carbocycles. The summed E-state index contributed by atoms with van der Waals surface area (Å²) in [6.45, 7) is 2.12.